The second-order valence-electron chi connectivity index (χ2n) is 4.87. The lowest BCUT2D eigenvalue weighted by molar-refractivity contribution is 0.320. The summed E-state index contributed by atoms with van der Waals surface area (Å²) in [6.07, 6.45) is 0. The van der Waals surface area contributed by atoms with Gasteiger partial charge in [0.15, 0.2) is 0 Å². The summed E-state index contributed by atoms with van der Waals surface area (Å²) in [6, 6.07) is 12.4. The lowest BCUT2D eigenvalue weighted by Crippen LogP contribution is -2.13. The van der Waals surface area contributed by atoms with Crippen LogP contribution in [0.1, 0.15) is 25.0 Å². The number of nitrogens with one attached hydrogen (secondary N) is 1. The third-order valence-corrected chi connectivity index (χ3v) is 3.21. The highest BCUT2D eigenvalue weighted by Gasteiger charge is 2.06. The van der Waals surface area contributed by atoms with Crippen LogP contribution in [0, 0.1) is 5.82 Å². The summed E-state index contributed by atoms with van der Waals surface area (Å²) < 4.78 is 24.0. The number of halogens is 1. The van der Waals surface area contributed by atoms with E-state index >= 15 is 0 Å². The molecule has 0 bridgehead atoms. The SMILES string of the molecule is CCOc1ccc(CNCc2ccc(F)cc2)c(OCC)c1. The Morgan fingerprint density at radius 3 is 2.32 bits per heavy atom. The molecule has 118 valence electrons. The molecular weight excluding hydrogens is 281 g/mol. The van der Waals surface area contributed by atoms with E-state index in [4.69, 9.17) is 9.47 Å². The van der Waals surface area contributed by atoms with E-state index in [-0.39, 0.29) is 5.82 Å². The lowest BCUT2D eigenvalue weighted by atomic mass is 10.1. The van der Waals surface area contributed by atoms with Crippen LogP contribution in [0.4, 0.5) is 4.39 Å². The van der Waals surface area contributed by atoms with Crippen LogP contribution in [0.2, 0.25) is 0 Å². The first-order chi connectivity index (χ1) is 10.7. The quantitative estimate of drug-likeness (QED) is 0.802. The summed E-state index contributed by atoms with van der Waals surface area (Å²) in [5, 5.41) is 3.34. The van der Waals surface area contributed by atoms with Gasteiger partial charge in [0.05, 0.1) is 13.2 Å². The Morgan fingerprint density at radius 1 is 0.909 bits per heavy atom. The van der Waals surface area contributed by atoms with Gasteiger partial charge >= 0.3 is 0 Å². The lowest BCUT2D eigenvalue weighted by Gasteiger charge is -2.13. The van der Waals surface area contributed by atoms with E-state index in [1.165, 1.54) is 12.1 Å². The number of rotatable bonds is 8. The van der Waals surface area contributed by atoms with E-state index in [2.05, 4.69) is 5.32 Å². The minimum Gasteiger partial charge on any atom is -0.494 e. The van der Waals surface area contributed by atoms with Gasteiger partial charge in [-0.1, -0.05) is 18.2 Å². The van der Waals surface area contributed by atoms with E-state index in [1.807, 2.05) is 32.0 Å². The van der Waals surface area contributed by atoms with Crippen LogP contribution in [0.25, 0.3) is 0 Å². The number of benzene rings is 2. The zero-order valence-electron chi connectivity index (χ0n) is 13.1. The van der Waals surface area contributed by atoms with Gasteiger partial charge in [0.1, 0.15) is 17.3 Å². The molecule has 0 saturated carbocycles. The summed E-state index contributed by atoms with van der Waals surface area (Å²) in [5.74, 6) is 1.43. The zero-order valence-corrected chi connectivity index (χ0v) is 13.1. The van der Waals surface area contributed by atoms with Gasteiger partial charge in [0.2, 0.25) is 0 Å². The largest absolute Gasteiger partial charge is 0.494 e. The molecule has 0 heterocycles. The summed E-state index contributed by atoms with van der Waals surface area (Å²) in [4.78, 5) is 0. The molecule has 0 aliphatic carbocycles. The Labute approximate surface area is 131 Å². The summed E-state index contributed by atoms with van der Waals surface area (Å²) in [7, 11) is 0. The highest BCUT2D eigenvalue weighted by atomic mass is 19.1. The van der Waals surface area contributed by atoms with Gasteiger partial charge in [0.25, 0.3) is 0 Å². The Balaban J connectivity index is 1.97. The van der Waals surface area contributed by atoms with Crippen molar-refractivity contribution in [2.24, 2.45) is 0 Å². The van der Waals surface area contributed by atoms with Crippen molar-refractivity contribution in [3.05, 3.63) is 59.4 Å². The fourth-order valence-corrected chi connectivity index (χ4v) is 2.17. The molecule has 2 aromatic carbocycles. The van der Waals surface area contributed by atoms with Crippen molar-refractivity contribution in [3.63, 3.8) is 0 Å². The molecule has 3 nitrogen and oxygen atoms in total. The average Bonchev–Trinajstić information content (AvgIpc) is 2.52. The van der Waals surface area contributed by atoms with Crippen LogP contribution in [0.3, 0.4) is 0 Å². The predicted octanol–water partition coefficient (Wildman–Crippen LogP) is 3.91. The van der Waals surface area contributed by atoms with Crippen LogP contribution in [-0.2, 0) is 13.1 Å². The summed E-state index contributed by atoms with van der Waals surface area (Å²) in [5.41, 5.74) is 2.12. The molecule has 22 heavy (non-hydrogen) atoms. The minimum atomic E-state index is -0.214. The van der Waals surface area contributed by atoms with Crippen LogP contribution in [0.5, 0.6) is 11.5 Å². The van der Waals surface area contributed by atoms with Gasteiger partial charge in [-0.25, -0.2) is 4.39 Å². The highest BCUT2D eigenvalue weighted by Crippen LogP contribution is 2.25. The van der Waals surface area contributed by atoms with Gasteiger partial charge in [-0.2, -0.15) is 0 Å². The maximum atomic E-state index is 12.9. The maximum absolute atomic E-state index is 12.9. The normalized spacial score (nSPS) is 10.5. The summed E-state index contributed by atoms with van der Waals surface area (Å²) >= 11 is 0. The van der Waals surface area contributed by atoms with E-state index in [0.29, 0.717) is 26.3 Å². The number of hydrogen-bond donors (Lipinski definition) is 1. The molecule has 0 amide bonds. The van der Waals surface area contributed by atoms with Crippen molar-refractivity contribution in [1.82, 2.24) is 5.32 Å². The van der Waals surface area contributed by atoms with Crippen molar-refractivity contribution < 1.29 is 13.9 Å². The van der Waals surface area contributed by atoms with E-state index in [1.54, 1.807) is 12.1 Å². The predicted molar refractivity (Wildman–Crippen MR) is 85.7 cm³/mol. The Morgan fingerprint density at radius 2 is 1.64 bits per heavy atom. The first-order valence-electron chi connectivity index (χ1n) is 7.56. The van der Waals surface area contributed by atoms with Gasteiger partial charge in [-0.15, -0.1) is 0 Å². The van der Waals surface area contributed by atoms with Crippen LogP contribution in [0.15, 0.2) is 42.5 Å². The maximum Gasteiger partial charge on any atom is 0.127 e. The molecule has 4 heteroatoms. The molecule has 0 saturated heterocycles. The Kier molecular flexibility index (Phi) is 6.22. The molecule has 0 unspecified atom stereocenters. The molecular formula is C18H22FNO2. The van der Waals surface area contributed by atoms with Gasteiger partial charge in [-0.05, 0) is 37.6 Å². The minimum absolute atomic E-state index is 0.214. The molecule has 0 radical (unpaired) electrons. The van der Waals surface area contributed by atoms with E-state index < -0.39 is 0 Å². The molecule has 0 aliphatic rings. The van der Waals surface area contributed by atoms with E-state index in [9.17, 15) is 4.39 Å². The van der Waals surface area contributed by atoms with Crippen LogP contribution < -0.4 is 14.8 Å². The highest BCUT2D eigenvalue weighted by molar-refractivity contribution is 5.40. The first kappa shape index (κ1) is 16.3. The molecule has 2 rings (SSSR count). The van der Waals surface area contributed by atoms with Crippen molar-refractivity contribution in [1.29, 1.82) is 0 Å². The number of ether oxygens (including phenoxy) is 2. The number of hydrogen-bond acceptors (Lipinski definition) is 3. The van der Waals surface area contributed by atoms with Crippen molar-refractivity contribution >= 4 is 0 Å². The first-order valence-corrected chi connectivity index (χ1v) is 7.56. The average molecular weight is 303 g/mol. The van der Waals surface area contributed by atoms with Crippen LogP contribution in [-0.4, -0.2) is 13.2 Å². The summed E-state index contributed by atoms with van der Waals surface area (Å²) in [6.45, 7) is 6.52. The van der Waals surface area contributed by atoms with Gasteiger partial charge < -0.3 is 14.8 Å². The fourth-order valence-electron chi connectivity index (χ4n) is 2.17. The standard InChI is InChI=1S/C18H22FNO2/c1-3-21-17-10-7-15(18(11-17)22-4-2)13-20-12-14-5-8-16(19)9-6-14/h5-11,20H,3-4,12-13H2,1-2H3. The molecule has 0 atom stereocenters. The zero-order chi connectivity index (χ0) is 15.8. The molecule has 0 aliphatic heterocycles. The van der Waals surface area contributed by atoms with Gasteiger partial charge in [0, 0.05) is 24.7 Å². The second-order valence-corrected chi connectivity index (χ2v) is 4.87. The Bertz CT molecular complexity index is 584. The molecule has 1 N–H and O–H groups in total. The molecule has 0 spiro atoms. The van der Waals surface area contributed by atoms with E-state index in [0.717, 1.165) is 22.6 Å². The van der Waals surface area contributed by atoms with Crippen molar-refractivity contribution in [3.8, 4) is 11.5 Å². The second kappa shape index (κ2) is 8.39. The molecule has 0 aromatic heterocycles. The molecule has 2 aromatic rings. The van der Waals surface area contributed by atoms with Crippen molar-refractivity contribution in [2.75, 3.05) is 13.2 Å². The van der Waals surface area contributed by atoms with Crippen molar-refractivity contribution in [2.45, 2.75) is 26.9 Å². The topological polar surface area (TPSA) is 30.5 Å². The smallest absolute Gasteiger partial charge is 0.127 e. The third kappa shape index (κ3) is 4.74. The third-order valence-electron chi connectivity index (χ3n) is 3.21. The van der Waals surface area contributed by atoms with Gasteiger partial charge in [-0.3, -0.25) is 0 Å². The monoisotopic (exact) mass is 303 g/mol. The molecule has 0 fully saturated rings. The Hall–Kier alpha value is -2.07. The van der Waals surface area contributed by atoms with Crippen LogP contribution >= 0.6 is 0 Å². The fraction of sp³-hybridized carbons (Fsp3) is 0.333.